The van der Waals surface area contributed by atoms with Gasteiger partial charge in [-0.25, -0.2) is 0 Å². The van der Waals surface area contributed by atoms with E-state index in [1.807, 2.05) is 0 Å². The van der Waals surface area contributed by atoms with Crippen molar-refractivity contribution in [3.05, 3.63) is 0 Å². The molecular formula is C24H38O5. The van der Waals surface area contributed by atoms with Gasteiger partial charge in [0, 0.05) is 25.4 Å². The van der Waals surface area contributed by atoms with Crippen LogP contribution in [0.25, 0.3) is 0 Å². The Morgan fingerprint density at radius 2 is 1.72 bits per heavy atom. The second-order valence-corrected chi connectivity index (χ2v) is 11.1. The molecule has 0 bridgehead atoms. The predicted octanol–water partition coefficient (Wildman–Crippen LogP) is 3.92. The third-order valence-electron chi connectivity index (χ3n) is 10.2. The predicted molar refractivity (Wildman–Crippen MR) is 108 cm³/mol. The smallest absolute Gasteiger partial charge is 0.302 e. The molecule has 8 unspecified atom stereocenters. The average Bonchev–Trinajstić information content (AvgIpc) is 3.28. The molecule has 1 heterocycles. The number of ether oxygens (including phenoxy) is 3. The Labute approximate surface area is 174 Å². The van der Waals surface area contributed by atoms with Crippen molar-refractivity contribution < 1.29 is 24.1 Å². The van der Waals surface area contributed by atoms with Crippen LogP contribution in [0.3, 0.4) is 0 Å². The van der Waals surface area contributed by atoms with E-state index in [2.05, 4.69) is 13.8 Å². The zero-order valence-electron chi connectivity index (χ0n) is 18.3. The van der Waals surface area contributed by atoms with Crippen LogP contribution in [0.1, 0.15) is 72.1 Å². The Balaban J connectivity index is 1.43. The Morgan fingerprint density at radius 3 is 2.41 bits per heavy atom. The maximum absolute atomic E-state index is 11.5. The standard InChI is InChI=1S/C24H38O5/c1-15(26)29-17-4-7-22(2)19-5-8-23(3)20(6-9-24(23)27-10-11-28-24)18(19)12-16(14-25)21(22)13-17/h16-21,25H,4-14H2,1-3H3. The Bertz CT molecular complexity index is 658. The van der Waals surface area contributed by atoms with E-state index in [1.165, 1.54) is 26.2 Å². The SMILES string of the molecule is CC(=O)OC1CCC2(C)C(C1)C(CO)CC1C2CCC2(C)C1CCC21OCCO1. The van der Waals surface area contributed by atoms with Crippen molar-refractivity contribution in [2.24, 2.45) is 40.4 Å². The molecule has 0 amide bonds. The molecule has 164 valence electrons. The Hall–Kier alpha value is -0.650. The molecule has 0 aromatic carbocycles. The van der Waals surface area contributed by atoms with Crippen LogP contribution in [0, 0.1) is 40.4 Å². The fourth-order valence-electron chi connectivity index (χ4n) is 8.90. The van der Waals surface area contributed by atoms with Crippen molar-refractivity contribution in [2.75, 3.05) is 19.8 Å². The van der Waals surface area contributed by atoms with Crippen molar-refractivity contribution in [3.63, 3.8) is 0 Å². The highest BCUT2D eigenvalue weighted by molar-refractivity contribution is 5.66. The van der Waals surface area contributed by atoms with Crippen molar-refractivity contribution in [1.82, 2.24) is 0 Å². The summed E-state index contributed by atoms with van der Waals surface area (Å²) in [5, 5.41) is 10.4. The molecular weight excluding hydrogens is 368 g/mol. The van der Waals surface area contributed by atoms with E-state index in [0.29, 0.717) is 29.6 Å². The molecule has 8 atom stereocenters. The average molecular weight is 407 g/mol. The van der Waals surface area contributed by atoms with Gasteiger partial charge in [0.15, 0.2) is 5.79 Å². The summed E-state index contributed by atoms with van der Waals surface area (Å²) in [6, 6.07) is 0. The van der Waals surface area contributed by atoms with Gasteiger partial charge in [0.25, 0.3) is 0 Å². The lowest BCUT2D eigenvalue weighted by Gasteiger charge is -2.63. The maximum Gasteiger partial charge on any atom is 0.302 e. The third-order valence-corrected chi connectivity index (χ3v) is 10.2. The normalized spacial score (nSPS) is 50.6. The molecule has 5 heteroatoms. The minimum absolute atomic E-state index is 0.0278. The summed E-state index contributed by atoms with van der Waals surface area (Å²) in [4.78, 5) is 11.5. The molecule has 0 radical (unpaired) electrons. The van der Waals surface area contributed by atoms with E-state index < -0.39 is 0 Å². The second-order valence-electron chi connectivity index (χ2n) is 11.1. The minimum Gasteiger partial charge on any atom is -0.463 e. The van der Waals surface area contributed by atoms with Gasteiger partial charge in [-0.05, 0) is 80.0 Å². The van der Waals surface area contributed by atoms with Crippen LogP contribution < -0.4 is 0 Å². The minimum atomic E-state index is -0.359. The van der Waals surface area contributed by atoms with E-state index in [-0.39, 0.29) is 35.3 Å². The number of esters is 1. The lowest BCUT2D eigenvalue weighted by atomic mass is 9.43. The van der Waals surface area contributed by atoms with E-state index in [1.54, 1.807) is 0 Å². The molecule has 5 rings (SSSR count). The zero-order chi connectivity index (χ0) is 20.4. The summed E-state index contributed by atoms with van der Waals surface area (Å²) in [7, 11) is 0. The number of carbonyl (C=O) groups excluding carboxylic acids is 1. The van der Waals surface area contributed by atoms with Crippen molar-refractivity contribution in [3.8, 4) is 0 Å². The lowest BCUT2D eigenvalue weighted by molar-refractivity contribution is -0.251. The molecule has 5 aliphatic rings. The van der Waals surface area contributed by atoms with Crippen LogP contribution in [-0.2, 0) is 19.0 Å². The molecule has 5 nitrogen and oxygen atoms in total. The highest BCUT2D eigenvalue weighted by atomic mass is 16.7. The molecule has 4 saturated carbocycles. The monoisotopic (exact) mass is 406 g/mol. The van der Waals surface area contributed by atoms with Gasteiger partial charge < -0.3 is 19.3 Å². The molecule has 4 aliphatic carbocycles. The highest BCUT2D eigenvalue weighted by Crippen LogP contribution is 2.70. The van der Waals surface area contributed by atoms with E-state index in [9.17, 15) is 9.90 Å². The van der Waals surface area contributed by atoms with Gasteiger partial charge in [-0.3, -0.25) is 4.79 Å². The van der Waals surface area contributed by atoms with Crippen LogP contribution in [-0.4, -0.2) is 42.8 Å². The van der Waals surface area contributed by atoms with Crippen molar-refractivity contribution in [2.45, 2.75) is 84.0 Å². The van der Waals surface area contributed by atoms with Crippen LogP contribution in [0.15, 0.2) is 0 Å². The second kappa shape index (κ2) is 6.93. The van der Waals surface area contributed by atoms with E-state index >= 15 is 0 Å². The Morgan fingerprint density at radius 1 is 1.00 bits per heavy atom. The van der Waals surface area contributed by atoms with Crippen LogP contribution in [0.2, 0.25) is 0 Å². The molecule has 1 N–H and O–H groups in total. The summed E-state index contributed by atoms with van der Waals surface area (Å²) < 4.78 is 18.1. The van der Waals surface area contributed by atoms with E-state index in [4.69, 9.17) is 14.2 Å². The summed E-state index contributed by atoms with van der Waals surface area (Å²) >= 11 is 0. The molecule has 0 aromatic heterocycles. The third kappa shape index (κ3) is 2.79. The van der Waals surface area contributed by atoms with E-state index in [0.717, 1.165) is 45.3 Å². The number of rotatable bonds is 2. The first-order chi connectivity index (χ1) is 13.8. The Kier molecular flexibility index (Phi) is 4.84. The number of fused-ring (bicyclic) bond motifs is 6. The first-order valence-electron chi connectivity index (χ1n) is 11.9. The molecule has 1 saturated heterocycles. The summed E-state index contributed by atoms with van der Waals surface area (Å²) in [6.07, 6.45) is 8.74. The summed E-state index contributed by atoms with van der Waals surface area (Å²) in [5.74, 6) is 2.19. The number of hydrogen-bond acceptors (Lipinski definition) is 5. The first-order valence-corrected chi connectivity index (χ1v) is 11.9. The van der Waals surface area contributed by atoms with Gasteiger partial charge in [0.05, 0.1) is 13.2 Å². The van der Waals surface area contributed by atoms with Crippen LogP contribution >= 0.6 is 0 Å². The van der Waals surface area contributed by atoms with Gasteiger partial charge >= 0.3 is 5.97 Å². The van der Waals surface area contributed by atoms with Crippen LogP contribution in [0.5, 0.6) is 0 Å². The highest BCUT2D eigenvalue weighted by Gasteiger charge is 2.68. The van der Waals surface area contributed by atoms with Crippen LogP contribution in [0.4, 0.5) is 0 Å². The summed E-state index contributed by atoms with van der Waals surface area (Å²) in [6.45, 7) is 8.13. The summed E-state index contributed by atoms with van der Waals surface area (Å²) in [5.41, 5.74) is 0.338. The quantitative estimate of drug-likeness (QED) is 0.704. The maximum atomic E-state index is 11.5. The van der Waals surface area contributed by atoms with Crippen molar-refractivity contribution in [1.29, 1.82) is 0 Å². The first kappa shape index (κ1) is 20.3. The van der Waals surface area contributed by atoms with Gasteiger partial charge in [-0.15, -0.1) is 0 Å². The number of carbonyl (C=O) groups is 1. The number of aliphatic hydroxyl groups is 1. The topological polar surface area (TPSA) is 65.0 Å². The van der Waals surface area contributed by atoms with Gasteiger partial charge in [-0.2, -0.15) is 0 Å². The fourth-order valence-corrected chi connectivity index (χ4v) is 8.90. The molecule has 0 aromatic rings. The molecule has 5 fully saturated rings. The van der Waals surface area contributed by atoms with Gasteiger partial charge in [0.1, 0.15) is 6.10 Å². The van der Waals surface area contributed by atoms with Gasteiger partial charge in [-0.1, -0.05) is 13.8 Å². The molecule has 29 heavy (non-hydrogen) atoms. The largest absolute Gasteiger partial charge is 0.463 e. The molecule has 1 aliphatic heterocycles. The van der Waals surface area contributed by atoms with Gasteiger partial charge in [0.2, 0.25) is 0 Å². The lowest BCUT2D eigenvalue weighted by Crippen LogP contribution is -2.59. The zero-order valence-corrected chi connectivity index (χ0v) is 18.3. The number of hydrogen-bond donors (Lipinski definition) is 1. The molecule has 1 spiro atoms. The van der Waals surface area contributed by atoms with Crippen molar-refractivity contribution >= 4 is 5.97 Å². The number of aliphatic hydroxyl groups excluding tert-OH is 1. The fraction of sp³-hybridized carbons (Fsp3) is 0.958.